The second kappa shape index (κ2) is 13.2. The molecule has 0 radical (unpaired) electrons. The van der Waals surface area contributed by atoms with Crippen LogP contribution in [0.4, 0.5) is 0 Å². The number of halogens is 1. The molecule has 0 unspecified atom stereocenters. The Morgan fingerprint density at radius 3 is 2.49 bits per heavy atom. The van der Waals surface area contributed by atoms with Gasteiger partial charge in [-0.1, -0.05) is 41.1 Å². The van der Waals surface area contributed by atoms with Crippen LogP contribution in [0.2, 0.25) is 5.02 Å². The Balaban J connectivity index is 1.52. The number of allylic oxidation sites excluding steroid dienone is 1. The van der Waals surface area contributed by atoms with Crippen molar-refractivity contribution in [2.24, 2.45) is 4.99 Å². The topological polar surface area (TPSA) is 99.4 Å². The highest BCUT2D eigenvalue weighted by Crippen LogP contribution is 2.32. The summed E-state index contributed by atoms with van der Waals surface area (Å²) in [7, 11) is 0. The molecule has 2 aliphatic rings. The molecule has 5 rings (SSSR count). The summed E-state index contributed by atoms with van der Waals surface area (Å²) in [6, 6.07) is 11.7. The quantitative estimate of drug-likeness (QED) is 0.331. The van der Waals surface area contributed by atoms with Crippen molar-refractivity contribution >= 4 is 40.9 Å². The van der Waals surface area contributed by atoms with Gasteiger partial charge in [0.1, 0.15) is 0 Å². The summed E-state index contributed by atoms with van der Waals surface area (Å²) in [5, 5.41) is 0.543. The number of nitrogens with zero attached hydrogens (tertiary/aromatic N) is 3. The number of benzene rings is 2. The molecule has 0 saturated carbocycles. The smallest absolute Gasteiger partial charge is 0.338 e. The third-order valence-corrected chi connectivity index (χ3v) is 8.38. The van der Waals surface area contributed by atoms with E-state index in [1.807, 2.05) is 13.0 Å². The minimum Gasteiger partial charge on any atom is -0.490 e. The third-order valence-electron chi connectivity index (χ3n) is 7.15. The fraction of sp³-hybridized carbons (Fsp3) is 0.375. The summed E-state index contributed by atoms with van der Waals surface area (Å²) in [4.78, 5) is 46.6. The standard InChI is InChI=1S/C32H34ClN3O6S/c1-5-40-25-16-21(8-13-24(25)41-18-27(37)35-14-6-7-15-35)17-26-30(38)36-29(22-9-11-23(33)12-10-22)28(31(39)42-19(2)3)20(4)34-32(36)43-26/h8-13,16-17,19,29H,5-7,14-15,18H2,1-4H3/b26-17+/t29-/m1/s1. The first-order valence-corrected chi connectivity index (χ1v) is 15.5. The summed E-state index contributed by atoms with van der Waals surface area (Å²) in [5.41, 5.74) is 1.93. The Morgan fingerprint density at radius 2 is 1.81 bits per heavy atom. The summed E-state index contributed by atoms with van der Waals surface area (Å²) in [6.45, 7) is 9.02. The molecule has 3 heterocycles. The maximum absolute atomic E-state index is 13.9. The van der Waals surface area contributed by atoms with E-state index >= 15 is 0 Å². The van der Waals surface area contributed by atoms with Gasteiger partial charge in [-0.25, -0.2) is 9.79 Å². The molecule has 43 heavy (non-hydrogen) atoms. The Bertz CT molecular complexity index is 1740. The average Bonchev–Trinajstić information content (AvgIpc) is 3.61. The number of amides is 1. The van der Waals surface area contributed by atoms with E-state index < -0.39 is 12.0 Å². The molecule has 0 N–H and O–H groups in total. The van der Waals surface area contributed by atoms with Crippen LogP contribution in [-0.2, 0) is 14.3 Å². The predicted octanol–water partition coefficient (Wildman–Crippen LogP) is 4.24. The molecule has 1 aromatic heterocycles. The van der Waals surface area contributed by atoms with Gasteiger partial charge in [-0.05, 0) is 82.0 Å². The van der Waals surface area contributed by atoms with Gasteiger partial charge in [0.25, 0.3) is 11.5 Å². The van der Waals surface area contributed by atoms with Crippen LogP contribution in [0.1, 0.15) is 57.7 Å². The van der Waals surface area contributed by atoms with Gasteiger partial charge in [-0.3, -0.25) is 14.2 Å². The number of carbonyl (C=O) groups excluding carboxylic acids is 2. The molecular weight excluding hydrogens is 590 g/mol. The second-order valence-electron chi connectivity index (χ2n) is 10.6. The zero-order chi connectivity index (χ0) is 30.7. The lowest BCUT2D eigenvalue weighted by Gasteiger charge is -2.25. The number of carbonyl (C=O) groups is 2. The van der Waals surface area contributed by atoms with Gasteiger partial charge in [-0.15, -0.1) is 0 Å². The van der Waals surface area contributed by atoms with E-state index in [1.54, 1.807) is 68.1 Å². The number of likely N-dealkylation sites (tertiary alicyclic amines) is 1. The van der Waals surface area contributed by atoms with Crippen molar-refractivity contribution in [3.63, 3.8) is 0 Å². The predicted molar refractivity (Wildman–Crippen MR) is 165 cm³/mol. The molecule has 1 amide bonds. The number of thiazole rings is 1. The Hall–Kier alpha value is -3.89. The van der Waals surface area contributed by atoms with E-state index in [-0.39, 0.29) is 24.2 Å². The highest BCUT2D eigenvalue weighted by atomic mass is 35.5. The van der Waals surface area contributed by atoms with E-state index in [9.17, 15) is 14.4 Å². The van der Waals surface area contributed by atoms with Crippen molar-refractivity contribution in [1.82, 2.24) is 9.47 Å². The molecule has 1 fully saturated rings. The molecule has 2 aromatic carbocycles. The Morgan fingerprint density at radius 1 is 1.09 bits per heavy atom. The summed E-state index contributed by atoms with van der Waals surface area (Å²) in [6.07, 6.45) is 3.45. The summed E-state index contributed by atoms with van der Waals surface area (Å²) in [5.74, 6) is 0.365. The maximum atomic E-state index is 13.9. The number of hydrogen-bond acceptors (Lipinski definition) is 8. The van der Waals surface area contributed by atoms with Crippen LogP contribution in [0.25, 0.3) is 6.08 Å². The van der Waals surface area contributed by atoms with Gasteiger partial charge in [-0.2, -0.15) is 0 Å². The highest BCUT2D eigenvalue weighted by molar-refractivity contribution is 7.07. The van der Waals surface area contributed by atoms with E-state index in [0.717, 1.165) is 25.9 Å². The molecule has 9 nitrogen and oxygen atoms in total. The Labute approximate surface area is 258 Å². The van der Waals surface area contributed by atoms with Gasteiger partial charge in [0.15, 0.2) is 22.9 Å². The van der Waals surface area contributed by atoms with Crippen LogP contribution in [-0.4, -0.2) is 53.8 Å². The van der Waals surface area contributed by atoms with E-state index in [2.05, 4.69) is 4.99 Å². The SMILES string of the molecule is CCOc1cc(/C=c2/sc3n(c2=O)[C@H](c2ccc(Cl)cc2)C(C(=O)OC(C)C)=C(C)N=3)ccc1OCC(=O)N1CCCC1. The molecule has 11 heteroatoms. The second-order valence-corrected chi connectivity index (χ2v) is 12.0. The largest absolute Gasteiger partial charge is 0.490 e. The zero-order valence-electron chi connectivity index (χ0n) is 24.6. The van der Waals surface area contributed by atoms with E-state index in [0.29, 0.717) is 54.9 Å². The lowest BCUT2D eigenvalue weighted by molar-refractivity contribution is -0.143. The molecule has 0 aliphatic carbocycles. The fourth-order valence-corrected chi connectivity index (χ4v) is 6.34. The maximum Gasteiger partial charge on any atom is 0.338 e. The molecule has 226 valence electrons. The number of fused-ring (bicyclic) bond motifs is 1. The molecule has 0 spiro atoms. The minimum atomic E-state index is -0.732. The highest BCUT2D eigenvalue weighted by Gasteiger charge is 2.33. The van der Waals surface area contributed by atoms with Gasteiger partial charge < -0.3 is 19.1 Å². The van der Waals surface area contributed by atoms with Gasteiger partial charge >= 0.3 is 5.97 Å². The monoisotopic (exact) mass is 623 g/mol. The number of ether oxygens (including phenoxy) is 3. The first kappa shape index (κ1) is 30.6. The first-order valence-electron chi connectivity index (χ1n) is 14.3. The van der Waals surface area contributed by atoms with Gasteiger partial charge in [0.2, 0.25) is 0 Å². The van der Waals surface area contributed by atoms with Crippen LogP contribution in [0.15, 0.2) is 63.5 Å². The fourth-order valence-electron chi connectivity index (χ4n) is 5.17. The van der Waals surface area contributed by atoms with E-state index in [4.69, 9.17) is 25.8 Å². The lowest BCUT2D eigenvalue weighted by atomic mass is 9.96. The molecular formula is C32H34ClN3O6S. The van der Waals surface area contributed by atoms with Crippen molar-refractivity contribution in [2.75, 3.05) is 26.3 Å². The molecule has 2 aliphatic heterocycles. The van der Waals surface area contributed by atoms with E-state index in [1.165, 1.54) is 15.9 Å². The summed E-state index contributed by atoms with van der Waals surface area (Å²) < 4.78 is 19.2. The molecule has 3 aromatic rings. The Kier molecular flexibility index (Phi) is 9.37. The van der Waals surface area contributed by atoms with Crippen LogP contribution in [0.5, 0.6) is 11.5 Å². The molecule has 1 saturated heterocycles. The number of esters is 1. The normalized spacial score (nSPS) is 16.7. The van der Waals surface area contributed by atoms with Crippen molar-refractivity contribution in [1.29, 1.82) is 0 Å². The molecule has 0 bridgehead atoms. The number of rotatable bonds is 9. The van der Waals surface area contributed by atoms with Crippen LogP contribution >= 0.6 is 22.9 Å². The van der Waals surface area contributed by atoms with Gasteiger partial charge in [0, 0.05) is 18.1 Å². The van der Waals surface area contributed by atoms with Crippen LogP contribution < -0.4 is 24.4 Å². The zero-order valence-corrected chi connectivity index (χ0v) is 26.2. The summed E-state index contributed by atoms with van der Waals surface area (Å²) >= 11 is 7.39. The molecule has 1 atom stereocenters. The first-order chi connectivity index (χ1) is 20.7. The van der Waals surface area contributed by atoms with Crippen molar-refractivity contribution in [3.8, 4) is 11.5 Å². The third kappa shape index (κ3) is 6.70. The van der Waals surface area contributed by atoms with Crippen molar-refractivity contribution in [2.45, 2.75) is 52.7 Å². The van der Waals surface area contributed by atoms with Crippen LogP contribution in [0.3, 0.4) is 0 Å². The van der Waals surface area contributed by atoms with Crippen molar-refractivity contribution in [3.05, 3.63) is 89.6 Å². The average molecular weight is 624 g/mol. The van der Waals surface area contributed by atoms with Crippen molar-refractivity contribution < 1.29 is 23.8 Å². The van der Waals surface area contributed by atoms with Gasteiger partial charge in [0.05, 0.1) is 34.6 Å². The number of aromatic nitrogens is 1. The van der Waals surface area contributed by atoms with Crippen LogP contribution in [0, 0.1) is 0 Å². The lowest BCUT2D eigenvalue weighted by Crippen LogP contribution is -2.40. The minimum absolute atomic E-state index is 0.0488. The number of hydrogen-bond donors (Lipinski definition) is 0.